The van der Waals surface area contributed by atoms with Crippen molar-refractivity contribution in [2.75, 3.05) is 6.61 Å². The molecule has 0 amide bonds. The van der Waals surface area contributed by atoms with Gasteiger partial charge in [0.25, 0.3) is 0 Å². The molecular formula is C30H42O. The van der Waals surface area contributed by atoms with Crippen LogP contribution in [-0.4, -0.2) is 6.61 Å². The molecule has 1 saturated carbocycles. The van der Waals surface area contributed by atoms with E-state index in [1.807, 2.05) is 0 Å². The maximum Gasteiger partial charge on any atom is 0.119 e. The maximum atomic E-state index is 5.92. The van der Waals surface area contributed by atoms with Crippen molar-refractivity contribution in [2.24, 2.45) is 5.92 Å². The first-order valence-electron chi connectivity index (χ1n) is 13.1. The van der Waals surface area contributed by atoms with Gasteiger partial charge in [0.15, 0.2) is 0 Å². The first-order chi connectivity index (χ1) is 15.3. The minimum atomic E-state index is 0.665. The van der Waals surface area contributed by atoms with Crippen LogP contribution in [0.1, 0.15) is 112 Å². The van der Waals surface area contributed by atoms with Gasteiger partial charge in [-0.1, -0.05) is 69.9 Å². The fourth-order valence-electron chi connectivity index (χ4n) is 5.76. The first-order valence-corrected chi connectivity index (χ1v) is 13.1. The Hall–Kier alpha value is -1.76. The van der Waals surface area contributed by atoms with Gasteiger partial charge in [-0.05, 0) is 104 Å². The Morgan fingerprint density at radius 2 is 1.45 bits per heavy atom. The number of hydrogen-bond donors (Lipinski definition) is 0. The molecule has 1 heteroatoms. The lowest BCUT2D eigenvalue weighted by Crippen LogP contribution is -2.14. The Morgan fingerprint density at radius 1 is 0.742 bits per heavy atom. The third kappa shape index (κ3) is 5.93. The van der Waals surface area contributed by atoms with Crippen LogP contribution in [0.2, 0.25) is 0 Å². The zero-order chi connectivity index (χ0) is 21.5. The van der Waals surface area contributed by atoms with Crippen LogP contribution in [-0.2, 0) is 12.8 Å². The predicted octanol–water partition coefficient (Wildman–Crippen LogP) is 8.60. The molecule has 0 radical (unpaired) electrons. The van der Waals surface area contributed by atoms with Crippen molar-refractivity contribution in [1.82, 2.24) is 0 Å². The SMILES string of the molecule is CCCCOc1ccc2c(c1)CCC(c1ccc(C3CCC(CCCC)CC3)cc1)C2. The van der Waals surface area contributed by atoms with Gasteiger partial charge in [0.1, 0.15) is 5.75 Å². The van der Waals surface area contributed by atoms with Crippen LogP contribution < -0.4 is 4.74 Å². The second kappa shape index (κ2) is 11.2. The molecule has 0 N–H and O–H groups in total. The second-order valence-corrected chi connectivity index (χ2v) is 10.1. The molecule has 4 rings (SSSR count). The predicted molar refractivity (Wildman–Crippen MR) is 132 cm³/mol. The molecule has 0 heterocycles. The number of unbranched alkanes of at least 4 members (excludes halogenated alkanes) is 2. The highest BCUT2D eigenvalue weighted by molar-refractivity contribution is 5.40. The molecule has 2 aromatic carbocycles. The molecular weight excluding hydrogens is 376 g/mol. The average Bonchev–Trinajstić information content (AvgIpc) is 2.83. The molecule has 1 fully saturated rings. The Kier molecular flexibility index (Phi) is 8.11. The first kappa shape index (κ1) is 22.4. The van der Waals surface area contributed by atoms with Crippen molar-refractivity contribution in [3.8, 4) is 5.75 Å². The minimum Gasteiger partial charge on any atom is -0.494 e. The van der Waals surface area contributed by atoms with Gasteiger partial charge in [-0.2, -0.15) is 0 Å². The van der Waals surface area contributed by atoms with Crippen molar-refractivity contribution in [3.05, 3.63) is 64.7 Å². The molecule has 0 aliphatic heterocycles. The second-order valence-electron chi connectivity index (χ2n) is 10.1. The molecule has 2 aliphatic rings. The average molecular weight is 419 g/mol. The van der Waals surface area contributed by atoms with Gasteiger partial charge in [-0.25, -0.2) is 0 Å². The molecule has 1 atom stereocenters. The van der Waals surface area contributed by atoms with E-state index in [4.69, 9.17) is 4.74 Å². The Morgan fingerprint density at radius 3 is 2.16 bits per heavy atom. The van der Waals surface area contributed by atoms with Gasteiger partial charge < -0.3 is 4.74 Å². The highest BCUT2D eigenvalue weighted by atomic mass is 16.5. The monoisotopic (exact) mass is 418 g/mol. The van der Waals surface area contributed by atoms with Gasteiger partial charge in [-0.3, -0.25) is 0 Å². The number of ether oxygens (including phenoxy) is 1. The van der Waals surface area contributed by atoms with Crippen LogP contribution in [0.5, 0.6) is 5.75 Å². The molecule has 168 valence electrons. The van der Waals surface area contributed by atoms with E-state index in [0.717, 1.165) is 30.6 Å². The van der Waals surface area contributed by atoms with Gasteiger partial charge in [0, 0.05) is 0 Å². The summed E-state index contributed by atoms with van der Waals surface area (Å²) in [6, 6.07) is 16.6. The molecule has 0 aromatic heterocycles. The van der Waals surface area contributed by atoms with E-state index < -0.39 is 0 Å². The summed E-state index contributed by atoms with van der Waals surface area (Å²) in [5, 5.41) is 0. The topological polar surface area (TPSA) is 9.23 Å². The lowest BCUT2D eigenvalue weighted by Gasteiger charge is -2.29. The lowest BCUT2D eigenvalue weighted by atomic mass is 9.76. The van der Waals surface area contributed by atoms with Gasteiger partial charge >= 0.3 is 0 Å². The molecule has 1 nitrogen and oxygen atoms in total. The standard InChI is InChI=1S/C30H42O/c1-3-5-7-23-8-10-24(11-9-23)25-12-14-26(15-13-25)27-16-17-29-22-30(31-20-6-4-2)19-18-28(29)21-27/h12-15,18-19,22-24,27H,3-11,16-17,20-21H2,1-2H3. The van der Waals surface area contributed by atoms with Crippen LogP contribution in [0.4, 0.5) is 0 Å². The van der Waals surface area contributed by atoms with E-state index in [9.17, 15) is 0 Å². The summed E-state index contributed by atoms with van der Waals surface area (Å²) in [6.45, 7) is 5.37. The number of benzene rings is 2. The fraction of sp³-hybridized carbons (Fsp3) is 0.600. The molecule has 0 bridgehead atoms. The summed E-state index contributed by atoms with van der Waals surface area (Å²) in [7, 11) is 0. The zero-order valence-electron chi connectivity index (χ0n) is 19.9. The van der Waals surface area contributed by atoms with E-state index in [2.05, 4.69) is 56.3 Å². The van der Waals surface area contributed by atoms with E-state index in [1.165, 1.54) is 87.3 Å². The summed E-state index contributed by atoms with van der Waals surface area (Å²) in [5.41, 5.74) is 6.15. The van der Waals surface area contributed by atoms with Crippen molar-refractivity contribution < 1.29 is 4.74 Å². The Labute approximate surface area is 190 Å². The van der Waals surface area contributed by atoms with Crippen molar-refractivity contribution in [3.63, 3.8) is 0 Å². The maximum absolute atomic E-state index is 5.92. The Bertz CT molecular complexity index is 798. The number of hydrogen-bond acceptors (Lipinski definition) is 1. The van der Waals surface area contributed by atoms with E-state index in [1.54, 1.807) is 5.56 Å². The van der Waals surface area contributed by atoms with Gasteiger partial charge in [-0.15, -0.1) is 0 Å². The Balaban J connectivity index is 1.32. The molecule has 2 aromatic rings. The zero-order valence-corrected chi connectivity index (χ0v) is 19.9. The highest BCUT2D eigenvalue weighted by Crippen LogP contribution is 2.39. The van der Waals surface area contributed by atoms with E-state index >= 15 is 0 Å². The van der Waals surface area contributed by atoms with Gasteiger partial charge in [0.2, 0.25) is 0 Å². The fourth-order valence-corrected chi connectivity index (χ4v) is 5.76. The van der Waals surface area contributed by atoms with Crippen LogP contribution in [0.15, 0.2) is 42.5 Å². The summed E-state index contributed by atoms with van der Waals surface area (Å²) in [4.78, 5) is 0. The van der Waals surface area contributed by atoms with Crippen LogP contribution in [0.25, 0.3) is 0 Å². The molecule has 0 spiro atoms. The normalized spacial score (nSPS) is 23.4. The summed E-state index contributed by atoms with van der Waals surface area (Å²) in [6.07, 6.45) is 15.8. The summed E-state index contributed by atoms with van der Waals surface area (Å²) < 4.78 is 5.92. The van der Waals surface area contributed by atoms with Crippen molar-refractivity contribution in [1.29, 1.82) is 0 Å². The molecule has 1 unspecified atom stereocenters. The quantitative estimate of drug-likeness (QED) is 0.370. The van der Waals surface area contributed by atoms with E-state index in [0.29, 0.717) is 5.92 Å². The summed E-state index contributed by atoms with van der Waals surface area (Å²) >= 11 is 0. The number of aryl methyl sites for hydroxylation is 1. The van der Waals surface area contributed by atoms with Gasteiger partial charge in [0.05, 0.1) is 6.61 Å². The third-order valence-electron chi connectivity index (χ3n) is 7.86. The molecule has 0 saturated heterocycles. The number of rotatable bonds is 9. The largest absolute Gasteiger partial charge is 0.494 e. The minimum absolute atomic E-state index is 0.665. The number of fused-ring (bicyclic) bond motifs is 1. The molecule has 2 aliphatic carbocycles. The van der Waals surface area contributed by atoms with Crippen LogP contribution in [0, 0.1) is 5.92 Å². The van der Waals surface area contributed by atoms with E-state index in [-0.39, 0.29) is 0 Å². The summed E-state index contributed by atoms with van der Waals surface area (Å²) in [5.74, 6) is 3.51. The van der Waals surface area contributed by atoms with Crippen LogP contribution >= 0.6 is 0 Å². The third-order valence-corrected chi connectivity index (χ3v) is 7.86. The van der Waals surface area contributed by atoms with Crippen molar-refractivity contribution >= 4 is 0 Å². The lowest BCUT2D eigenvalue weighted by molar-refractivity contribution is 0.304. The molecule has 31 heavy (non-hydrogen) atoms. The van der Waals surface area contributed by atoms with Crippen molar-refractivity contribution in [2.45, 2.75) is 103 Å². The highest BCUT2D eigenvalue weighted by Gasteiger charge is 2.24. The smallest absolute Gasteiger partial charge is 0.119 e. The van der Waals surface area contributed by atoms with Crippen LogP contribution in [0.3, 0.4) is 0 Å².